The topological polar surface area (TPSA) is 12.0 Å². The van der Waals surface area contributed by atoms with Crippen LogP contribution in [0.1, 0.15) is 63.5 Å². The number of thioether (sulfide) groups is 1. The molecular weight excluding hydrogens is 274 g/mol. The van der Waals surface area contributed by atoms with Gasteiger partial charge in [0, 0.05) is 4.90 Å². The normalized spacial score (nSPS) is 20.2. The van der Waals surface area contributed by atoms with Crippen LogP contribution in [0.5, 0.6) is 0 Å². The Hall–Kier alpha value is -0.730. The molecule has 2 rings (SSSR count). The van der Waals surface area contributed by atoms with Crippen molar-refractivity contribution >= 4 is 11.8 Å². The van der Waals surface area contributed by atoms with Crippen molar-refractivity contribution in [3.8, 4) is 0 Å². The van der Waals surface area contributed by atoms with Crippen LogP contribution in [-0.2, 0) is 0 Å². The number of nitrogens with one attached hydrogen (secondary N) is 1. The molecule has 1 aliphatic rings. The standard InChI is InChI=1S/C19H29NS/c1-3-15-20-19(16-11-7-5-4-6-8-12-16)17-13-9-10-14-18(17)21-2/h9-11,13-14,19-20H,3-8,12,15H2,1-2H3/b16-11+. The van der Waals surface area contributed by atoms with Crippen LogP contribution >= 0.6 is 11.8 Å². The van der Waals surface area contributed by atoms with E-state index >= 15 is 0 Å². The van der Waals surface area contributed by atoms with Gasteiger partial charge >= 0.3 is 0 Å². The maximum Gasteiger partial charge on any atom is 0.0547 e. The largest absolute Gasteiger partial charge is 0.306 e. The molecule has 0 heterocycles. The van der Waals surface area contributed by atoms with Gasteiger partial charge in [-0.3, -0.25) is 0 Å². The van der Waals surface area contributed by atoms with E-state index in [-0.39, 0.29) is 0 Å². The first kappa shape index (κ1) is 16.6. The van der Waals surface area contributed by atoms with E-state index in [9.17, 15) is 0 Å². The molecule has 1 nitrogen and oxygen atoms in total. The van der Waals surface area contributed by atoms with E-state index in [4.69, 9.17) is 0 Å². The van der Waals surface area contributed by atoms with Gasteiger partial charge in [0.1, 0.15) is 0 Å². The smallest absolute Gasteiger partial charge is 0.0547 e. The van der Waals surface area contributed by atoms with Crippen LogP contribution in [0.4, 0.5) is 0 Å². The molecule has 1 unspecified atom stereocenters. The van der Waals surface area contributed by atoms with Gasteiger partial charge in [-0.15, -0.1) is 11.8 Å². The van der Waals surface area contributed by atoms with Crippen molar-refractivity contribution in [2.24, 2.45) is 0 Å². The van der Waals surface area contributed by atoms with Gasteiger partial charge in [-0.25, -0.2) is 0 Å². The number of hydrogen-bond donors (Lipinski definition) is 1. The lowest BCUT2D eigenvalue weighted by Gasteiger charge is -2.25. The summed E-state index contributed by atoms with van der Waals surface area (Å²) in [6.45, 7) is 3.34. The Labute approximate surface area is 134 Å². The number of allylic oxidation sites excluding steroid dienone is 1. The Morgan fingerprint density at radius 3 is 2.76 bits per heavy atom. The molecular formula is C19H29NS. The Bertz CT molecular complexity index is 453. The zero-order valence-electron chi connectivity index (χ0n) is 13.5. The van der Waals surface area contributed by atoms with Gasteiger partial charge in [-0.1, -0.05) is 49.6 Å². The number of rotatable bonds is 6. The summed E-state index contributed by atoms with van der Waals surface area (Å²) < 4.78 is 0. The fourth-order valence-electron chi connectivity index (χ4n) is 3.11. The van der Waals surface area contributed by atoms with Crippen LogP contribution in [0.2, 0.25) is 0 Å². The van der Waals surface area contributed by atoms with Gasteiger partial charge in [-0.2, -0.15) is 0 Å². The Kier molecular flexibility index (Phi) is 7.38. The predicted octanol–water partition coefficient (Wildman–Crippen LogP) is 5.73. The summed E-state index contributed by atoms with van der Waals surface area (Å²) >= 11 is 1.86. The predicted molar refractivity (Wildman–Crippen MR) is 95.0 cm³/mol. The van der Waals surface area contributed by atoms with Crippen LogP contribution < -0.4 is 5.32 Å². The summed E-state index contributed by atoms with van der Waals surface area (Å²) in [7, 11) is 0. The minimum Gasteiger partial charge on any atom is -0.306 e. The Balaban J connectivity index is 2.27. The van der Waals surface area contributed by atoms with E-state index < -0.39 is 0 Å². The van der Waals surface area contributed by atoms with Crippen LogP contribution in [0.3, 0.4) is 0 Å². The van der Waals surface area contributed by atoms with Crippen molar-refractivity contribution in [3.63, 3.8) is 0 Å². The Morgan fingerprint density at radius 2 is 1.95 bits per heavy atom. The maximum absolute atomic E-state index is 3.80. The van der Waals surface area contributed by atoms with Crippen molar-refractivity contribution < 1.29 is 0 Å². The summed E-state index contributed by atoms with van der Waals surface area (Å²) in [6.07, 6.45) is 13.9. The quantitative estimate of drug-likeness (QED) is 0.532. The number of hydrogen-bond acceptors (Lipinski definition) is 2. The molecule has 0 radical (unpaired) electrons. The molecule has 0 saturated heterocycles. The first-order valence-corrected chi connectivity index (χ1v) is 9.64. The third-order valence-electron chi connectivity index (χ3n) is 4.25. The highest BCUT2D eigenvalue weighted by Gasteiger charge is 2.19. The van der Waals surface area contributed by atoms with Crippen LogP contribution in [0.25, 0.3) is 0 Å². The molecule has 2 heteroatoms. The van der Waals surface area contributed by atoms with Gasteiger partial charge in [0.2, 0.25) is 0 Å². The average Bonchev–Trinajstić information content (AvgIpc) is 2.49. The SMILES string of the molecule is CCCNC(/C1=C/CCCCCC1)c1ccccc1SC. The van der Waals surface area contributed by atoms with Gasteiger partial charge in [-0.05, 0) is 56.5 Å². The fourth-order valence-corrected chi connectivity index (χ4v) is 3.75. The molecule has 0 saturated carbocycles. The third kappa shape index (κ3) is 4.89. The van der Waals surface area contributed by atoms with E-state index in [1.165, 1.54) is 55.4 Å². The first-order chi connectivity index (χ1) is 10.4. The molecule has 0 fully saturated rings. The first-order valence-electron chi connectivity index (χ1n) is 8.42. The maximum atomic E-state index is 3.80. The fraction of sp³-hybridized carbons (Fsp3) is 0.579. The van der Waals surface area contributed by atoms with E-state index in [0.717, 1.165) is 6.54 Å². The second-order valence-electron chi connectivity index (χ2n) is 5.86. The number of benzene rings is 1. The highest BCUT2D eigenvalue weighted by Crippen LogP contribution is 2.33. The highest BCUT2D eigenvalue weighted by molar-refractivity contribution is 7.98. The minimum atomic E-state index is 0.409. The average molecular weight is 304 g/mol. The lowest BCUT2D eigenvalue weighted by atomic mass is 9.90. The molecule has 0 bridgehead atoms. The molecule has 0 aliphatic heterocycles. The van der Waals surface area contributed by atoms with E-state index in [0.29, 0.717) is 6.04 Å². The molecule has 21 heavy (non-hydrogen) atoms. The molecule has 0 spiro atoms. The summed E-state index contributed by atoms with van der Waals surface area (Å²) in [5.41, 5.74) is 3.08. The van der Waals surface area contributed by atoms with Gasteiger partial charge in [0.15, 0.2) is 0 Å². The third-order valence-corrected chi connectivity index (χ3v) is 5.06. The minimum absolute atomic E-state index is 0.409. The van der Waals surface area contributed by atoms with Crippen molar-refractivity contribution in [1.29, 1.82) is 0 Å². The molecule has 0 aromatic heterocycles. The monoisotopic (exact) mass is 303 g/mol. The summed E-state index contributed by atoms with van der Waals surface area (Å²) in [5, 5.41) is 3.80. The molecule has 116 valence electrons. The van der Waals surface area contributed by atoms with Gasteiger partial charge in [0.25, 0.3) is 0 Å². The lowest BCUT2D eigenvalue weighted by molar-refractivity contribution is 0.536. The molecule has 1 aliphatic carbocycles. The van der Waals surface area contributed by atoms with Gasteiger partial charge < -0.3 is 5.32 Å². The zero-order chi connectivity index (χ0) is 14.9. The molecule has 0 amide bonds. The van der Waals surface area contributed by atoms with Gasteiger partial charge in [0.05, 0.1) is 6.04 Å². The zero-order valence-corrected chi connectivity index (χ0v) is 14.3. The molecule has 1 aromatic rings. The summed E-state index contributed by atoms with van der Waals surface area (Å²) in [4.78, 5) is 1.41. The van der Waals surface area contributed by atoms with Crippen molar-refractivity contribution in [3.05, 3.63) is 41.5 Å². The lowest BCUT2D eigenvalue weighted by Crippen LogP contribution is -2.25. The molecule has 1 N–H and O–H groups in total. The van der Waals surface area contributed by atoms with Crippen molar-refractivity contribution in [2.45, 2.75) is 62.8 Å². The second-order valence-corrected chi connectivity index (χ2v) is 6.71. The van der Waals surface area contributed by atoms with E-state index in [2.05, 4.69) is 48.8 Å². The van der Waals surface area contributed by atoms with Crippen LogP contribution in [0, 0.1) is 0 Å². The van der Waals surface area contributed by atoms with E-state index in [1.54, 1.807) is 5.57 Å². The highest BCUT2D eigenvalue weighted by atomic mass is 32.2. The van der Waals surface area contributed by atoms with Crippen LogP contribution in [-0.4, -0.2) is 12.8 Å². The van der Waals surface area contributed by atoms with Crippen molar-refractivity contribution in [2.75, 3.05) is 12.8 Å². The summed E-state index contributed by atoms with van der Waals surface area (Å²) in [5.74, 6) is 0. The summed E-state index contributed by atoms with van der Waals surface area (Å²) in [6, 6.07) is 9.30. The Morgan fingerprint density at radius 1 is 1.14 bits per heavy atom. The second kappa shape index (κ2) is 9.32. The molecule has 1 aromatic carbocycles. The van der Waals surface area contributed by atoms with Crippen molar-refractivity contribution in [1.82, 2.24) is 5.32 Å². The molecule has 1 atom stereocenters. The van der Waals surface area contributed by atoms with Crippen LogP contribution in [0.15, 0.2) is 40.8 Å². The van der Waals surface area contributed by atoms with E-state index in [1.807, 2.05) is 11.8 Å².